The SMILES string of the molecule is Cc1ccccc1Sc1c(C(=O)O)[nH]c2ccc(Cl)cc12. The Morgan fingerprint density at radius 2 is 2.00 bits per heavy atom. The van der Waals surface area contributed by atoms with Gasteiger partial charge in [0, 0.05) is 20.8 Å². The molecule has 1 heterocycles. The third kappa shape index (κ3) is 2.64. The van der Waals surface area contributed by atoms with Crippen LogP contribution in [0.1, 0.15) is 16.1 Å². The Kier molecular flexibility index (Phi) is 3.66. The summed E-state index contributed by atoms with van der Waals surface area (Å²) in [6, 6.07) is 13.2. The molecule has 0 amide bonds. The van der Waals surface area contributed by atoms with E-state index >= 15 is 0 Å². The average molecular weight is 318 g/mol. The summed E-state index contributed by atoms with van der Waals surface area (Å²) in [5.41, 5.74) is 2.07. The number of carbonyl (C=O) groups is 1. The number of aromatic carboxylic acids is 1. The highest BCUT2D eigenvalue weighted by atomic mass is 35.5. The fourth-order valence-electron chi connectivity index (χ4n) is 2.18. The minimum absolute atomic E-state index is 0.195. The number of aromatic nitrogens is 1. The zero-order chi connectivity index (χ0) is 15.0. The van der Waals surface area contributed by atoms with Gasteiger partial charge in [0.1, 0.15) is 5.69 Å². The summed E-state index contributed by atoms with van der Waals surface area (Å²) in [7, 11) is 0. The Balaban J connectivity index is 2.20. The largest absolute Gasteiger partial charge is 0.477 e. The third-order valence-electron chi connectivity index (χ3n) is 3.23. The fraction of sp³-hybridized carbons (Fsp3) is 0.0625. The molecule has 0 fully saturated rings. The molecule has 5 heteroatoms. The molecule has 106 valence electrons. The first kappa shape index (κ1) is 14.0. The Morgan fingerprint density at radius 1 is 1.24 bits per heavy atom. The van der Waals surface area contributed by atoms with Crippen molar-refractivity contribution in [3.8, 4) is 0 Å². The van der Waals surface area contributed by atoms with Crippen LogP contribution < -0.4 is 0 Å². The number of benzene rings is 2. The number of hydrogen-bond acceptors (Lipinski definition) is 2. The Labute approximate surface area is 130 Å². The number of carboxylic acid groups (broad SMARTS) is 1. The summed E-state index contributed by atoms with van der Waals surface area (Å²) in [5.74, 6) is -0.974. The average Bonchev–Trinajstić information content (AvgIpc) is 2.80. The first-order valence-corrected chi connectivity index (χ1v) is 7.53. The molecule has 3 aromatic rings. The molecule has 0 aliphatic rings. The summed E-state index contributed by atoms with van der Waals surface area (Å²) < 4.78 is 0. The van der Waals surface area contributed by atoms with Crippen LogP contribution in [0.4, 0.5) is 0 Å². The second kappa shape index (κ2) is 5.47. The van der Waals surface area contributed by atoms with E-state index in [1.165, 1.54) is 11.8 Å². The molecule has 1 aromatic heterocycles. The minimum atomic E-state index is -0.974. The normalized spacial score (nSPS) is 11.0. The van der Waals surface area contributed by atoms with Gasteiger partial charge in [-0.2, -0.15) is 0 Å². The maximum absolute atomic E-state index is 11.5. The van der Waals surface area contributed by atoms with Gasteiger partial charge in [-0.1, -0.05) is 41.6 Å². The molecule has 2 N–H and O–H groups in total. The lowest BCUT2D eigenvalue weighted by Crippen LogP contribution is -1.98. The number of halogens is 1. The van der Waals surface area contributed by atoms with Crippen LogP contribution in [0.2, 0.25) is 5.02 Å². The topological polar surface area (TPSA) is 53.1 Å². The minimum Gasteiger partial charge on any atom is -0.477 e. The van der Waals surface area contributed by atoms with Crippen LogP contribution in [-0.4, -0.2) is 16.1 Å². The van der Waals surface area contributed by atoms with Crippen molar-refractivity contribution in [1.82, 2.24) is 4.98 Å². The highest BCUT2D eigenvalue weighted by Gasteiger charge is 2.18. The molecule has 0 atom stereocenters. The van der Waals surface area contributed by atoms with Crippen LogP contribution in [0.15, 0.2) is 52.3 Å². The lowest BCUT2D eigenvalue weighted by molar-refractivity contribution is 0.0688. The van der Waals surface area contributed by atoms with E-state index in [0.29, 0.717) is 9.92 Å². The molecule has 0 spiro atoms. The number of fused-ring (bicyclic) bond motifs is 1. The maximum Gasteiger partial charge on any atom is 0.353 e. The number of carboxylic acids is 1. The molecule has 0 aliphatic carbocycles. The molecular weight excluding hydrogens is 306 g/mol. The summed E-state index contributed by atoms with van der Waals surface area (Å²) >= 11 is 7.49. The lowest BCUT2D eigenvalue weighted by atomic mass is 10.2. The van der Waals surface area contributed by atoms with Crippen molar-refractivity contribution in [3.63, 3.8) is 0 Å². The highest BCUT2D eigenvalue weighted by Crippen LogP contribution is 2.38. The van der Waals surface area contributed by atoms with E-state index in [0.717, 1.165) is 21.4 Å². The molecular formula is C16H12ClNO2S. The molecule has 0 bridgehead atoms. The van der Waals surface area contributed by atoms with Gasteiger partial charge in [0.15, 0.2) is 0 Å². The molecule has 0 radical (unpaired) electrons. The van der Waals surface area contributed by atoms with Crippen molar-refractivity contribution >= 4 is 40.2 Å². The summed E-state index contributed by atoms with van der Waals surface area (Å²) in [6.45, 7) is 2.00. The predicted octanol–water partition coefficient (Wildman–Crippen LogP) is 4.98. The first-order valence-electron chi connectivity index (χ1n) is 6.34. The zero-order valence-electron chi connectivity index (χ0n) is 11.2. The van der Waals surface area contributed by atoms with Crippen LogP contribution in [0, 0.1) is 6.92 Å². The van der Waals surface area contributed by atoms with E-state index in [1.54, 1.807) is 18.2 Å². The summed E-state index contributed by atoms with van der Waals surface area (Å²) in [4.78, 5) is 16.1. The summed E-state index contributed by atoms with van der Waals surface area (Å²) in [5, 5.41) is 10.8. The molecule has 0 unspecified atom stereocenters. The molecule has 3 rings (SSSR count). The molecule has 0 saturated heterocycles. The van der Waals surface area contributed by atoms with Crippen molar-refractivity contribution in [2.75, 3.05) is 0 Å². The van der Waals surface area contributed by atoms with E-state index in [1.807, 2.05) is 31.2 Å². The van der Waals surface area contributed by atoms with Crippen LogP contribution in [0.3, 0.4) is 0 Å². The fourth-order valence-corrected chi connectivity index (χ4v) is 3.46. The van der Waals surface area contributed by atoms with E-state index < -0.39 is 5.97 Å². The van der Waals surface area contributed by atoms with Gasteiger partial charge in [0.25, 0.3) is 0 Å². The first-order chi connectivity index (χ1) is 10.1. The van der Waals surface area contributed by atoms with Crippen molar-refractivity contribution in [2.45, 2.75) is 16.7 Å². The maximum atomic E-state index is 11.5. The van der Waals surface area contributed by atoms with Gasteiger partial charge in [0.05, 0.1) is 4.90 Å². The summed E-state index contributed by atoms with van der Waals surface area (Å²) in [6.07, 6.45) is 0. The van der Waals surface area contributed by atoms with Gasteiger partial charge >= 0.3 is 5.97 Å². The van der Waals surface area contributed by atoms with Gasteiger partial charge in [-0.15, -0.1) is 0 Å². The van der Waals surface area contributed by atoms with Gasteiger partial charge < -0.3 is 10.1 Å². The second-order valence-corrected chi connectivity index (χ2v) is 6.18. The van der Waals surface area contributed by atoms with Crippen molar-refractivity contribution in [2.24, 2.45) is 0 Å². The Bertz CT molecular complexity index is 841. The van der Waals surface area contributed by atoms with Gasteiger partial charge in [-0.25, -0.2) is 4.79 Å². The third-order valence-corrected chi connectivity index (χ3v) is 4.77. The smallest absolute Gasteiger partial charge is 0.353 e. The number of aromatic amines is 1. The second-order valence-electron chi connectivity index (χ2n) is 4.69. The number of nitrogens with one attached hydrogen (secondary N) is 1. The van der Waals surface area contributed by atoms with E-state index in [4.69, 9.17) is 11.6 Å². The Morgan fingerprint density at radius 3 is 2.71 bits per heavy atom. The Hall–Kier alpha value is -1.91. The van der Waals surface area contributed by atoms with Gasteiger partial charge in [-0.3, -0.25) is 0 Å². The predicted molar refractivity (Wildman–Crippen MR) is 85.6 cm³/mol. The molecule has 3 nitrogen and oxygen atoms in total. The van der Waals surface area contributed by atoms with Crippen molar-refractivity contribution in [3.05, 3.63) is 58.7 Å². The number of rotatable bonds is 3. The standard InChI is InChI=1S/C16H12ClNO2S/c1-9-4-2-3-5-13(9)21-15-11-8-10(17)6-7-12(11)18-14(15)16(19)20/h2-8,18H,1H3,(H,19,20). The van der Waals surface area contributed by atoms with Crippen molar-refractivity contribution in [1.29, 1.82) is 0 Å². The van der Waals surface area contributed by atoms with E-state index in [-0.39, 0.29) is 5.69 Å². The number of aryl methyl sites for hydroxylation is 1. The molecule has 0 saturated carbocycles. The van der Waals surface area contributed by atoms with E-state index in [2.05, 4.69) is 4.98 Å². The molecule has 21 heavy (non-hydrogen) atoms. The van der Waals surface area contributed by atoms with Crippen LogP contribution in [-0.2, 0) is 0 Å². The quantitative estimate of drug-likeness (QED) is 0.716. The van der Waals surface area contributed by atoms with Crippen LogP contribution in [0.25, 0.3) is 10.9 Å². The van der Waals surface area contributed by atoms with Gasteiger partial charge in [0.2, 0.25) is 0 Å². The van der Waals surface area contributed by atoms with Crippen LogP contribution in [0.5, 0.6) is 0 Å². The highest BCUT2D eigenvalue weighted by molar-refractivity contribution is 7.99. The van der Waals surface area contributed by atoms with E-state index in [9.17, 15) is 9.90 Å². The zero-order valence-corrected chi connectivity index (χ0v) is 12.8. The molecule has 0 aliphatic heterocycles. The van der Waals surface area contributed by atoms with Crippen LogP contribution >= 0.6 is 23.4 Å². The number of hydrogen-bond donors (Lipinski definition) is 2. The monoisotopic (exact) mass is 317 g/mol. The lowest BCUT2D eigenvalue weighted by Gasteiger charge is -2.05. The number of H-pyrrole nitrogens is 1. The van der Waals surface area contributed by atoms with Crippen molar-refractivity contribution < 1.29 is 9.90 Å². The van der Waals surface area contributed by atoms with Gasteiger partial charge in [-0.05, 0) is 36.8 Å². The molecule has 2 aromatic carbocycles.